The Morgan fingerprint density at radius 1 is 1.59 bits per heavy atom. The summed E-state index contributed by atoms with van der Waals surface area (Å²) in [6.07, 6.45) is 1.95. The maximum absolute atomic E-state index is 12.1. The van der Waals surface area contributed by atoms with Gasteiger partial charge < -0.3 is 15.1 Å². The van der Waals surface area contributed by atoms with Gasteiger partial charge in [-0.1, -0.05) is 0 Å². The highest BCUT2D eigenvalue weighted by Crippen LogP contribution is 2.21. The molecular weight excluding hydrogens is 216 g/mol. The van der Waals surface area contributed by atoms with E-state index in [1.807, 2.05) is 32.9 Å². The summed E-state index contributed by atoms with van der Waals surface area (Å²) in [5.41, 5.74) is -0.421. The number of hydrogen-bond donors (Lipinski definition) is 2. The molecule has 0 aromatic carbocycles. The maximum atomic E-state index is 12.1. The van der Waals surface area contributed by atoms with E-state index in [0.717, 1.165) is 30.9 Å². The minimum Gasteiger partial charge on any atom is -0.464 e. The van der Waals surface area contributed by atoms with Gasteiger partial charge in [0.1, 0.15) is 11.5 Å². The standard InChI is InChI=1S/C13H20N2O2/c1-9-5-6-11(17-9)10(2)15-12(16)13(3)7-4-8-14-13/h5-6,10,14H,4,7-8H2,1-3H3,(H,15,16). The number of rotatable bonds is 3. The molecule has 1 aliphatic heterocycles. The number of carbonyl (C=O) groups excluding carboxylic acids is 1. The van der Waals surface area contributed by atoms with Crippen LogP contribution in [-0.4, -0.2) is 18.0 Å². The van der Waals surface area contributed by atoms with Crippen LogP contribution >= 0.6 is 0 Å². The Hall–Kier alpha value is -1.29. The molecule has 0 spiro atoms. The molecule has 94 valence electrons. The zero-order chi connectivity index (χ0) is 12.5. The average Bonchev–Trinajstić information content (AvgIpc) is 2.88. The van der Waals surface area contributed by atoms with E-state index in [1.54, 1.807) is 0 Å². The third kappa shape index (κ3) is 2.52. The minimum absolute atomic E-state index is 0.0524. The molecule has 4 heteroatoms. The van der Waals surface area contributed by atoms with E-state index >= 15 is 0 Å². The lowest BCUT2D eigenvalue weighted by Crippen LogP contribution is -2.51. The van der Waals surface area contributed by atoms with E-state index in [4.69, 9.17) is 4.42 Å². The second kappa shape index (κ2) is 4.53. The molecule has 0 radical (unpaired) electrons. The molecule has 2 heterocycles. The summed E-state index contributed by atoms with van der Waals surface area (Å²) in [5.74, 6) is 1.72. The Labute approximate surface area is 102 Å². The van der Waals surface area contributed by atoms with Crippen LogP contribution in [-0.2, 0) is 4.79 Å². The van der Waals surface area contributed by atoms with Gasteiger partial charge in [0, 0.05) is 0 Å². The first kappa shape index (κ1) is 12.2. The molecule has 0 bridgehead atoms. The van der Waals surface area contributed by atoms with Crippen LogP contribution in [0.4, 0.5) is 0 Å². The Bertz CT molecular complexity index is 405. The van der Waals surface area contributed by atoms with Crippen LogP contribution in [0.3, 0.4) is 0 Å². The third-order valence-electron chi connectivity index (χ3n) is 3.41. The van der Waals surface area contributed by atoms with Gasteiger partial charge in [-0.3, -0.25) is 4.79 Å². The first-order chi connectivity index (χ1) is 8.01. The van der Waals surface area contributed by atoms with Crippen LogP contribution in [0, 0.1) is 6.92 Å². The van der Waals surface area contributed by atoms with E-state index in [0.29, 0.717) is 0 Å². The molecule has 1 saturated heterocycles. The van der Waals surface area contributed by atoms with E-state index in [1.165, 1.54) is 0 Å². The zero-order valence-corrected chi connectivity index (χ0v) is 10.7. The van der Waals surface area contributed by atoms with Crippen LogP contribution in [0.15, 0.2) is 16.5 Å². The zero-order valence-electron chi connectivity index (χ0n) is 10.7. The molecule has 4 nitrogen and oxygen atoms in total. The van der Waals surface area contributed by atoms with Crippen molar-refractivity contribution in [3.05, 3.63) is 23.7 Å². The van der Waals surface area contributed by atoms with Crippen molar-refractivity contribution in [2.75, 3.05) is 6.54 Å². The van der Waals surface area contributed by atoms with Crippen molar-refractivity contribution < 1.29 is 9.21 Å². The van der Waals surface area contributed by atoms with E-state index in [2.05, 4.69) is 10.6 Å². The van der Waals surface area contributed by atoms with Gasteiger partial charge in [0.05, 0.1) is 11.6 Å². The number of aryl methyl sites for hydroxylation is 1. The molecule has 1 aromatic rings. The molecule has 1 aliphatic rings. The smallest absolute Gasteiger partial charge is 0.240 e. The fourth-order valence-corrected chi connectivity index (χ4v) is 2.20. The van der Waals surface area contributed by atoms with Crippen molar-refractivity contribution >= 4 is 5.91 Å². The predicted molar refractivity (Wildman–Crippen MR) is 65.6 cm³/mol. The van der Waals surface area contributed by atoms with Crippen molar-refractivity contribution in [2.45, 2.75) is 45.2 Å². The summed E-state index contributed by atoms with van der Waals surface area (Å²) in [6, 6.07) is 3.73. The van der Waals surface area contributed by atoms with Crippen molar-refractivity contribution in [3.8, 4) is 0 Å². The summed E-state index contributed by atoms with van der Waals surface area (Å²) in [6.45, 7) is 6.71. The van der Waals surface area contributed by atoms with Gasteiger partial charge in [-0.05, 0) is 52.3 Å². The molecule has 2 atom stereocenters. The van der Waals surface area contributed by atoms with Crippen molar-refractivity contribution in [2.24, 2.45) is 0 Å². The van der Waals surface area contributed by atoms with Gasteiger partial charge in [-0.25, -0.2) is 0 Å². The van der Waals surface area contributed by atoms with E-state index in [-0.39, 0.29) is 11.9 Å². The SMILES string of the molecule is Cc1ccc(C(C)NC(=O)C2(C)CCCN2)o1. The minimum atomic E-state index is -0.421. The fraction of sp³-hybridized carbons (Fsp3) is 0.615. The Kier molecular flexibility index (Phi) is 3.24. The van der Waals surface area contributed by atoms with Gasteiger partial charge in [-0.2, -0.15) is 0 Å². The second-order valence-corrected chi connectivity index (χ2v) is 5.01. The van der Waals surface area contributed by atoms with Gasteiger partial charge in [0.25, 0.3) is 0 Å². The van der Waals surface area contributed by atoms with Gasteiger partial charge in [-0.15, -0.1) is 0 Å². The Balaban J connectivity index is 1.99. The molecule has 1 aromatic heterocycles. The van der Waals surface area contributed by atoms with E-state index in [9.17, 15) is 4.79 Å². The number of nitrogens with one attached hydrogen (secondary N) is 2. The van der Waals surface area contributed by atoms with E-state index < -0.39 is 5.54 Å². The molecule has 1 amide bonds. The highest BCUT2D eigenvalue weighted by molar-refractivity contribution is 5.86. The Morgan fingerprint density at radius 3 is 2.88 bits per heavy atom. The van der Waals surface area contributed by atoms with Crippen LogP contribution in [0.2, 0.25) is 0 Å². The fourth-order valence-electron chi connectivity index (χ4n) is 2.20. The maximum Gasteiger partial charge on any atom is 0.240 e. The Morgan fingerprint density at radius 2 is 2.35 bits per heavy atom. The van der Waals surface area contributed by atoms with Crippen molar-refractivity contribution in [3.63, 3.8) is 0 Å². The number of carbonyl (C=O) groups is 1. The van der Waals surface area contributed by atoms with Gasteiger partial charge in [0.15, 0.2) is 0 Å². The number of furan rings is 1. The van der Waals surface area contributed by atoms with Crippen LogP contribution in [0.1, 0.15) is 44.3 Å². The molecule has 2 rings (SSSR count). The lowest BCUT2D eigenvalue weighted by Gasteiger charge is -2.25. The molecule has 0 saturated carbocycles. The van der Waals surface area contributed by atoms with Gasteiger partial charge in [0.2, 0.25) is 5.91 Å². The monoisotopic (exact) mass is 236 g/mol. The predicted octanol–water partition coefficient (Wildman–Crippen LogP) is 1.91. The first-order valence-corrected chi connectivity index (χ1v) is 6.13. The second-order valence-electron chi connectivity index (χ2n) is 5.01. The molecule has 1 fully saturated rings. The first-order valence-electron chi connectivity index (χ1n) is 6.13. The third-order valence-corrected chi connectivity index (χ3v) is 3.41. The topological polar surface area (TPSA) is 54.3 Å². The molecule has 2 N–H and O–H groups in total. The van der Waals surface area contributed by atoms with Gasteiger partial charge >= 0.3 is 0 Å². The lowest BCUT2D eigenvalue weighted by atomic mass is 9.99. The molecule has 2 unspecified atom stereocenters. The average molecular weight is 236 g/mol. The summed E-state index contributed by atoms with van der Waals surface area (Å²) >= 11 is 0. The highest BCUT2D eigenvalue weighted by Gasteiger charge is 2.36. The molecule has 17 heavy (non-hydrogen) atoms. The van der Waals surface area contributed by atoms with Crippen LogP contribution in [0.5, 0.6) is 0 Å². The molecular formula is C13H20N2O2. The van der Waals surface area contributed by atoms with Crippen LogP contribution in [0.25, 0.3) is 0 Å². The summed E-state index contributed by atoms with van der Waals surface area (Å²) in [4.78, 5) is 12.1. The number of hydrogen-bond acceptors (Lipinski definition) is 3. The summed E-state index contributed by atoms with van der Waals surface area (Å²) < 4.78 is 5.51. The number of amides is 1. The normalized spacial score (nSPS) is 25.8. The summed E-state index contributed by atoms with van der Waals surface area (Å²) in [7, 11) is 0. The van der Waals surface area contributed by atoms with Crippen molar-refractivity contribution in [1.29, 1.82) is 0 Å². The summed E-state index contributed by atoms with van der Waals surface area (Å²) in [5, 5.41) is 6.25. The van der Waals surface area contributed by atoms with Crippen LogP contribution < -0.4 is 10.6 Å². The molecule has 0 aliphatic carbocycles. The van der Waals surface area contributed by atoms with Crippen molar-refractivity contribution in [1.82, 2.24) is 10.6 Å². The lowest BCUT2D eigenvalue weighted by molar-refractivity contribution is -0.127. The quantitative estimate of drug-likeness (QED) is 0.843. The highest BCUT2D eigenvalue weighted by atomic mass is 16.3. The largest absolute Gasteiger partial charge is 0.464 e.